The number of aromatic nitrogens is 2. The van der Waals surface area contributed by atoms with Gasteiger partial charge in [-0.3, -0.25) is 0 Å². The van der Waals surface area contributed by atoms with Gasteiger partial charge in [0.05, 0.1) is 0 Å². The molecule has 102 valence electrons. The molecule has 1 aromatic heterocycles. The van der Waals surface area contributed by atoms with Crippen LogP contribution in [0.15, 0.2) is 0 Å². The van der Waals surface area contributed by atoms with E-state index in [-0.39, 0.29) is 6.04 Å². The van der Waals surface area contributed by atoms with E-state index in [0.717, 1.165) is 32.4 Å². The zero-order chi connectivity index (χ0) is 13.2. The molecule has 1 aromatic rings. The van der Waals surface area contributed by atoms with Crippen LogP contribution in [-0.2, 0) is 6.18 Å². The molecule has 8 heteroatoms. The molecule has 2 rings (SSSR count). The molecule has 1 aliphatic heterocycles. The zero-order valence-electron chi connectivity index (χ0n) is 10.00. The predicted molar refractivity (Wildman–Crippen MR) is 63.8 cm³/mol. The summed E-state index contributed by atoms with van der Waals surface area (Å²) >= 11 is 0.627. The average molecular weight is 280 g/mol. The van der Waals surface area contributed by atoms with Crippen LogP contribution >= 0.6 is 11.3 Å². The van der Waals surface area contributed by atoms with E-state index in [1.807, 2.05) is 11.9 Å². The zero-order valence-corrected chi connectivity index (χ0v) is 10.8. The third kappa shape index (κ3) is 2.92. The highest BCUT2D eigenvalue weighted by Crippen LogP contribution is 2.35. The van der Waals surface area contributed by atoms with Gasteiger partial charge < -0.3 is 10.2 Å². The van der Waals surface area contributed by atoms with Crippen molar-refractivity contribution in [3.05, 3.63) is 5.01 Å². The molecule has 0 amide bonds. The number of hydrogen-bond donors (Lipinski definition) is 1. The highest BCUT2D eigenvalue weighted by molar-refractivity contribution is 7.15. The maximum absolute atomic E-state index is 12.5. The molecule has 0 saturated carbocycles. The minimum absolute atomic E-state index is 0.206. The smallest absolute Gasteiger partial charge is 0.342 e. The molecule has 0 bridgehead atoms. The number of likely N-dealkylation sites (N-methyl/N-ethyl adjacent to an activating group) is 1. The lowest BCUT2D eigenvalue weighted by atomic mass is 10.0. The van der Waals surface area contributed by atoms with Gasteiger partial charge in [0.25, 0.3) is 0 Å². The molecule has 2 heterocycles. The number of rotatable bonds is 3. The molecule has 1 unspecified atom stereocenters. The van der Waals surface area contributed by atoms with Crippen molar-refractivity contribution in [2.45, 2.75) is 31.5 Å². The summed E-state index contributed by atoms with van der Waals surface area (Å²) in [5.74, 6) is 0. The second-order valence-electron chi connectivity index (χ2n) is 4.29. The van der Waals surface area contributed by atoms with E-state index < -0.39 is 11.2 Å². The van der Waals surface area contributed by atoms with Crippen LogP contribution in [0.3, 0.4) is 0 Å². The van der Waals surface area contributed by atoms with Crippen molar-refractivity contribution < 1.29 is 13.2 Å². The maximum atomic E-state index is 12.5. The Morgan fingerprint density at radius 2 is 2.17 bits per heavy atom. The molecule has 0 aliphatic carbocycles. The van der Waals surface area contributed by atoms with Crippen molar-refractivity contribution in [3.63, 3.8) is 0 Å². The molecule has 1 fully saturated rings. The molecule has 1 aliphatic rings. The molecule has 1 atom stereocenters. The number of nitrogens with zero attached hydrogens (tertiary/aromatic N) is 3. The van der Waals surface area contributed by atoms with Crippen LogP contribution in [0.4, 0.5) is 18.3 Å². The maximum Gasteiger partial charge on any atom is 0.445 e. The van der Waals surface area contributed by atoms with Gasteiger partial charge in [-0.05, 0) is 26.3 Å². The standard InChI is InChI=1S/C10H15F3N4S/c1-14-6-7-4-2-3-5-17(7)9-16-15-8(18-9)10(11,12)13/h7,14H,2-6H2,1H3. The van der Waals surface area contributed by atoms with Crippen molar-refractivity contribution >= 4 is 16.5 Å². The molecule has 1 N–H and O–H groups in total. The van der Waals surface area contributed by atoms with E-state index in [1.165, 1.54) is 0 Å². The highest BCUT2D eigenvalue weighted by atomic mass is 32.1. The van der Waals surface area contributed by atoms with Gasteiger partial charge in [-0.1, -0.05) is 11.3 Å². The van der Waals surface area contributed by atoms with Crippen LogP contribution in [0.1, 0.15) is 24.3 Å². The molecular weight excluding hydrogens is 265 g/mol. The number of halogens is 3. The van der Waals surface area contributed by atoms with Crippen LogP contribution in [0.25, 0.3) is 0 Å². The van der Waals surface area contributed by atoms with Crippen LogP contribution in [0.5, 0.6) is 0 Å². The van der Waals surface area contributed by atoms with Gasteiger partial charge in [-0.2, -0.15) is 13.2 Å². The van der Waals surface area contributed by atoms with Gasteiger partial charge in [0.1, 0.15) is 0 Å². The molecule has 0 radical (unpaired) electrons. The average Bonchev–Trinajstić information content (AvgIpc) is 2.79. The fraction of sp³-hybridized carbons (Fsp3) is 0.800. The minimum Gasteiger partial charge on any atom is -0.342 e. The Kier molecular flexibility index (Phi) is 4.06. The molecular formula is C10H15F3N4S. The Morgan fingerprint density at radius 1 is 1.39 bits per heavy atom. The van der Waals surface area contributed by atoms with E-state index in [1.54, 1.807) is 0 Å². The summed E-state index contributed by atoms with van der Waals surface area (Å²) in [4.78, 5) is 1.94. The number of nitrogens with one attached hydrogen (secondary N) is 1. The van der Waals surface area contributed by atoms with E-state index >= 15 is 0 Å². The van der Waals surface area contributed by atoms with Crippen molar-refractivity contribution in [2.24, 2.45) is 0 Å². The van der Waals surface area contributed by atoms with Crippen molar-refractivity contribution in [2.75, 3.05) is 25.0 Å². The van der Waals surface area contributed by atoms with Crippen molar-refractivity contribution in [1.82, 2.24) is 15.5 Å². The van der Waals surface area contributed by atoms with Gasteiger partial charge in [0, 0.05) is 19.1 Å². The van der Waals surface area contributed by atoms with Gasteiger partial charge in [0.2, 0.25) is 10.1 Å². The molecule has 18 heavy (non-hydrogen) atoms. The van der Waals surface area contributed by atoms with Gasteiger partial charge in [-0.25, -0.2) is 0 Å². The Morgan fingerprint density at radius 3 is 2.78 bits per heavy atom. The monoisotopic (exact) mass is 280 g/mol. The molecule has 1 saturated heterocycles. The number of alkyl halides is 3. The first-order valence-electron chi connectivity index (χ1n) is 5.84. The summed E-state index contributed by atoms with van der Waals surface area (Å²) in [5.41, 5.74) is 0. The van der Waals surface area contributed by atoms with Crippen molar-refractivity contribution in [1.29, 1.82) is 0 Å². The van der Waals surface area contributed by atoms with Gasteiger partial charge >= 0.3 is 6.18 Å². The van der Waals surface area contributed by atoms with Crippen LogP contribution in [-0.4, -0.2) is 36.4 Å². The van der Waals surface area contributed by atoms with E-state index in [9.17, 15) is 13.2 Å². The SMILES string of the molecule is CNCC1CCCCN1c1nnc(C(F)(F)F)s1. The highest BCUT2D eigenvalue weighted by Gasteiger charge is 2.37. The number of piperidine rings is 1. The third-order valence-electron chi connectivity index (χ3n) is 2.97. The molecule has 0 aromatic carbocycles. The third-order valence-corrected chi connectivity index (χ3v) is 3.97. The molecule has 4 nitrogen and oxygen atoms in total. The summed E-state index contributed by atoms with van der Waals surface area (Å²) in [7, 11) is 1.84. The Bertz CT molecular complexity index is 391. The van der Waals surface area contributed by atoms with Crippen LogP contribution in [0, 0.1) is 0 Å². The Hall–Kier alpha value is -0.890. The summed E-state index contributed by atoms with van der Waals surface area (Å²) in [5, 5.41) is 9.50. The first kappa shape index (κ1) is 13.5. The van der Waals surface area contributed by atoms with Crippen LogP contribution < -0.4 is 10.2 Å². The summed E-state index contributed by atoms with van der Waals surface area (Å²) < 4.78 is 37.5. The molecule has 0 spiro atoms. The topological polar surface area (TPSA) is 41.0 Å². The first-order chi connectivity index (χ1) is 8.52. The lowest BCUT2D eigenvalue weighted by molar-refractivity contribution is -0.138. The predicted octanol–water partition coefficient (Wildman–Crippen LogP) is 2.14. The second-order valence-corrected chi connectivity index (χ2v) is 5.24. The number of anilines is 1. The van der Waals surface area contributed by atoms with Gasteiger partial charge in [0.15, 0.2) is 0 Å². The lowest BCUT2D eigenvalue weighted by Crippen LogP contribution is -2.45. The summed E-state index contributed by atoms with van der Waals surface area (Å²) in [6, 6.07) is 0.206. The largest absolute Gasteiger partial charge is 0.445 e. The quantitative estimate of drug-likeness (QED) is 0.921. The number of hydrogen-bond acceptors (Lipinski definition) is 5. The summed E-state index contributed by atoms with van der Waals surface area (Å²) in [6.45, 7) is 1.50. The van der Waals surface area contributed by atoms with E-state index in [0.29, 0.717) is 16.5 Å². The first-order valence-corrected chi connectivity index (χ1v) is 6.66. The fourth-order valence-corrected chi connectivity index (χ4v) is 2.96. The second kappa shape index (κ2) is 5.40. The lowest BCUT2D eigenvalue weighted by Gasteiger charge is -2.35. The Labute approximate surface area is 107 Å². The van der Waals surface area contributed by atoms with E-state index in [2.05, 4.69) is 15.5 Å². The normalized spacial score (nSPS) is 21.3. The minimum atomic E-state index is -4.40. The van der Waals surface area contributed by atoms with E-state index in [4.69, 9.17) is 0 Å². The Balaban J connectivity index is 2.15. The summed E-state index contributed by atoms with van der Waals surface area (Å²) in [6.07, 6.45) is -1.33. The van der Waals surface area contributed by atoms with Crippen molar-refractivity contribution in [3.8, 4) is 0 Å². The fourth-order valence-electron chi connectivity index (χ4n) is 2.15. The van der Waals surface area contributed by atoms with Gasteiger partial charge in [-0.15, -0.1) is 10.2 Å². The van der Waals surface area contributed by atoms with Crippen LogP contribution in [0.2, 0.25) is 0 Å².